The molecule has 0 saturated heterocycles. The molecule has 0 saturated carbocycles. The molecule has 0 radical (unpaired) electrons. The van der Waals surface area contributed by atoms with Crippen LogP contribution in [-0.4, -0.2) is 18.0 Å². The Morgan fingerprint density at radius 1 is 1.40 bits per heavy atom. The first kappa shape index (κ1) is 14.5. The molecule has 0 aliphatic heterocycles. The Bertz CT molecular complexity index is 692. The summed E-state index contributed by atoms with van der Waals surface area (Å²) < 4.78 is 28.5. The highest BCUT2D eigenvalue weighted by atomic mass is 32.2. The summed E-state index contributed by atoms with van der Waals surface area (Å²) in [5.41, 5.74) is 7.06. The fourth-order valence-electron chi connectivity index (χ4n) is 1.69. The zero-order chi connectivity index (χ0) is 14.8. The van der Waals surface area contributed by atoms with Crippen LogP contribution in [0.5, 0.6) is 0 Å². The molecule has 2 rings (SSSR count). The first-order valence-corrected chi connectivity index (χ1v) is 7.74. The fourth-order valence-corrected chi connectivity index (χ4v) is 2.65. The van der Waals surface area contributed by atoms with Crippen LogP contribution in [0.4, 0.5) is 5.69 Å². The number of sulfonamides is 1. The van der Waals surface area contributed by atoms with Crippen LogP contribution in [0.2, 0.25) is 0 Å². The second-order valence-corrected chi connectivity index (χ2v) is 6.54. The average Bonchev–Trinajstić information content (AvgIpc) is 2.87. The van der Waals surface area contributed by atoms with Gasteiger partial charge in [-0.25, -0.2) is 18.1 Å². The minimum absolute atomic E-state index is 0.0232. The lowest BCUT2D eigenvalue weighted by atomic mass is 10.2. The molecule has 3 N–H and O–H groups in total. The van der Waals surface area contributed by atoms with Gasteiger partial charge in [0.25, 0.3) is 10.0 Å². The quantitative estimate of drug-likeness (QED) is 0.818. The van der Waals surface area contributed by atoms with Crippen LogP contribution in [0.3, 0.4) is 0 Å². The number of nitrogens with one attached hydrogen (secondary N) is 1. The van der Waals surface area contributed by atoms with Crippen LogP contribution < -0.4 is 10.5 Å². The van der Waals surface area contributed by atoms with Crippen molar-refractivity contribution >= 4 is 15.7 Å². The summed E-state index contributed by atoms with van der Waals surface area (Å²) >= 11 is 0. The van der Waals surface area contributed by atoms with Crippen molar-refractivity contribution in [2.75, 3.05) is 5.73 Å². The van der Waals surface area contributed by atoms with Gasteiger partial charge < -0.3 is 10.3 Å². The summed E-state index contributed by atoms with van der Waals surface area (Å²) in [7, 11) is -3.61. The number of nitrogens with two attached hydrogens (primary N) is 1. The van der Waals surface area contributed by atoms with Crippen LogP contribution in [-0.2, 0) is 16.6 Å². The highest BCUT2D eigenvalue weighted by Crippen LogP contribution is 2.11. The zero-order valence-corrected chi connectivity index (χ0v) is 12.3. The van der Waals surface area contributed by atoms with Crippen molar-refractivity contribution in [1.29, 1.82) is 0 Å². The van der Waals surface area contributed by atoms with Gasteiger partial charge in [-0.2, -0.15) is 0 Å². The van der Waals surface area contributed by atoms with Gasteiger partial charge in [0.05, 0.1) is 6.33 Å². The lowest BCUT2D eigenvalue weighted by Gasteiger charge is -2.06. The summed E-state index contributed by atoms with van der Waals surface area (Å²) in [6.45, 7) is 4.10. The third-order valence-electron chi connectivity index (χ3n) is 2.87. The Kier molecular flexibility index (Phi) is 4.10. The molecular formula is C13H18N4O2S. The fraction of sp³-hybridized carbons (Fsp3) is 0.308. The SMILES string of the molecule is CC(C)n1cnc(S(=O)(=O)NCc2cccc(N)c2)c1. The molecule has 1 heterocycles. The number of hydrogen-bond donors (Lipinski definition) is 2. The maximum Gasteiger partial charge on any atom is 0.259 e. The van der Waals surface area contributed by atoms with Crippen molar-refractivity contribution in [3.05, 3.63) is 42.4 Å². The van der Waals surface area contributed by atoms with Gasteiger partial charge in [-0.15, -0.1) is 0 Å². The van der Waals surface area contributed by atoms with Gasteiger partial charge in [-0.3, -0.25) is 0 Å². The summed E-state index contributed by atoms with van der Waals surface area (Å²) in [4.78, 5) is 3.93. The van der Waals surface area contributed by atoms with Crippen LogP contribution in [0, 0.1) is 0 Å². The lowest BCUT2D eigenvalue weighted by molar-refractivity contribution is 0.576. The Morgan fingerprint density at radius 3 is 2.75 bits per heavy atom. The van der Waals surface area contributed by atoms with Crippen molar-refractivity contribution in [2.24, 2.45) is 0 Å². The summed E-state index contributed by atoms with van der Waals surface area (Å²) in [6.07, 6.45) is 3.03. The number of benzene rings is 1. The molecule has 0 unspecified atom stereocenters. The second-order valence-electron chi connectivity index (χ2n) is 4.82. The van der Waals surface area contributed by atoms with Crippen molar-refractivity contribution in [3.8, 4) is 0 Å². The number of anilines is 1. The van der Waals surface area contributed by atoms with Crippen LogP contribution in [0.1, 0.15) is 25.5 Å². The van der Waals surface area contributed by atoms with Crippen LogP contribution in [0.25, 0.3) is 0 Å². The molecule has 0 atom stereocenters. The predicted molar refractivity (Wildman–Crippen MR) is 77.5 cm³/mol. The standard InChI is InChI=1S/C13H18N4O2S/c1-10(2)17-8-13(15-9-17)20(18,19)16-7-11-4-3-5-12(14)6-11/h3-6,8-10,16H,7,14H2,1-2H3. The lowest BCUT2D eigenvalue weighted by Crippen LogP contribution is -2.23. The number of aromatic nitrogens is 2. The largest absolute Gasteiger partial charge is 0.399 e. The monoisotopic (exact) mass is 294 g/mol. The van der Waals surface area contributed by atoms with E-state index >= 15 is 0 Å². The van der Waals surface area contributed by atoms with Crippen LogP contribution >= 0.6 is 0 Å². The number of hydrogen-bond acceptors (Lipinski definition) is 4. The van der Waals surface area contributed by atoms with Gasteiger partial charge in [-0.1, -0.05) is 12.1 Å². The second kappa shape index (κ2) is 5.64. The zero-order valence-electron chi connectivity index (χ0n) is 11.4. The predicted octanol–water partition coefficient (Wildman–Crippen LogP) is 1.52. The van der Waals surface area contributed by atoms with Gasteiger partial charge in [0, 0.05) is 24.5 Å². The Morgan fingerprint density at radius 2 is 2.15 bits per heavy atom. The molecule has 0 fully saturated rings. The third kappa shape index (κ3) is 3.37. The average molecular weight is 294 g/mol. The van der Waals surface area contributed by atoms with E-state index in [9.17, 15) is 8.42 Å². The molecule has 108 valence electrons. The Balaban J connectivity index is 2.11. The van der Waals surface area contributed by atoms with E-state index in [2.05, 4.69) is 9.71 Å². The van der Waals surface area contributed by atoms with Crippen molar-refractivity contribution in [1.82, 2.24) is 14.3 Å². The summed E-state index contributed by atoms with van der Waals surface area (Å²) in [6, 6.07) is 7.25. The molecule has 7 heteroatoms. The van der Waals surface area contributed by atoms with Gasteiger partial charge >= 0.3 is 0 Å². The smallest absolute Gasteiger partial charge is 0.259 e. The minimum atomic E-state index is -3.61. The number of imidazole rings is 1. The van der Waals surface area contributed by atoms with Gasteiger partial charge in [0.2, 0.25) is 0 Å². The van der Waals surface area contributed by atoms with Crippen LogP contribution in [0.15, 0.2) is 41.8 Å². The van der Waals surface area contributed by atoms with Gasteiger partial charge in [0.1, 0.15) is 0 Å². The topological polar surface area (TPSA) is 90.0 Å². The normalized spacial score (nSPS) is 11.9. The van der Waals surface area contributed by atoms with E-state index in [4.69, 9.17) is 5.73 Å². The first-order valence-electron chi connectivity index (χ1n) is 6.26. The van der Waals surface area contributed by atoms with Gasteiger partial charge in [0.15, 0.2) is 5.03 Å². The highest BCUT2D eigenvalue weighted by Gasteiger charge is 2.17. The van der Waals surface area contributed by atoms with Crippen molar-refractivity contribution in [2.45, 2.75) is 31.5 Å². The maximum atomic E-state index is 12.1. The maximum absolute atomic E-state index is 12.1. The highest BCUT2D eigenvalue weighted by molar-refractivity contribution is 7.89. The first-order chi connectivity index (χ1) is 9.38. The molecule has 0 spiro atoms. The molecule has 2 aromatic rings. The third-order valence-corrected chi connectivity index (χ3v) is 4.15. The summed E-state index contributed by atoms with van der Waals surface area (Å²) in [5, 5.41) is 0.0232. The molecule has 1 aromatic heterocycles. The Hall–Kier alpha value is -1.86. The molecule has 1 aromatic carbocycles. The van der Waals surface area contributed by atoms with Crippen molar-refractivity contribution < 1.29 is 8.42 Å². The van der Waals surface area contributed by atoms with E-state index in [1.54, 1.807) is 22.8 Å². The van der Waals surface area contributed by atoms with E-state index in [1.807, 2.05) is 19.9 Å². The molecule has 20 heavy (non-hydrogen) atoms. The molecular weight excluding hydrogens is 276 g/mol. The van der Waals surface area contributed by atoms with E-state index in [0.29, 0.717) is 5.69 Å². The molecule has 0 aliphatic rings. The molecule has 6 nitrogen and oxygen atoms in total. The molecule has 0 bridgehead atoms. The Labute approximate surface area is 118 Å². The van der Waals surface area contributed by atoms with E-state index < -0.39 is 10.0 Å². The summed E-state index contributed by atoms with van der Waals surface area (Å²) in [5.74, 6) is 0. The number of rotatable bonds is 5. The number of nitrogen functional groups attached to an aromatic ring is 1. The molecule has 0 amide bonds. The number of nitrogens with zero attached hydrogens (tertiary/aromatic N) is 2. The van der Waals surface area contributed by atoms with E-state index in [1.165, 1.54) is 12.5 Å². The van der Waals surface area contributed by atoms with Crippen molar-refractivity contribution in [3.63, 3.8) is 0 Å². The minimum Gasteiger partial charge on any atom is -0.399 e. The van der Waals surface area contributed by atoms with E-state index in [-0.39, 0.29) is 17.6 Å². The molecule has 0 aliphatic carbocycles. The van der Waals surface area contributed by atoms with Gasteiger partial charge in [-0.05, 0) is 31.5 Å². The van der Waals surface area contributed by atoms with E-state index in [0.717, 1.165) is 5.56 Å².